The van der Waals surface area contributed by atoms with Crippen molar-refractivity contribution in [2.24, 2.45) is 0 Å². The summed E-state index contributed by atoms with van der Waals surface area (Å²) in [6.45, 7) is 3.40. The predicted octanol–water partition coefficient (Wildman–Crippen LogP) is 4.10. The fourth-order valence-corrected chi connectivity index (χ4v) is 5.35. The molecular formula is C24H24N2O2Se. The van der Waals surface area contributed by atoms with Crippen LogP contribution in [0.4, 0.5) is 5.69 Å². The van der Waals surface area contributed by atoms with Gasteiger partial charge in [0.25, 0.3) is 0 Å². The molecule has 3 aromatic carbocycles. The van der Waals surface area contributed by atoms with Gasteiger partial charge < -0.3 is 0 Å². The Kier molecular flexibility index (Phi) is 5.98. The first-order valence-electron chi connectivity index (χ1n) is 10.0. The Hall–Kier alpha value is -2.62. The molecule has 0 saturated carbocycles. The molecule has 4 nitrogen and oxygen atoms in total. The van der Waals surface area contributed by atoms with Crippen molar-refractivity contribution in [3.8, 4) is 0 Å². The van der Waals surface area contributed by atoms with Crippen LogP contribution in [0.15, 0.2) is 60.7 Å². The molecule has 148 valence electrons. The molecule has 0 atom stereocenters. The van der Waals surface area contributed by atoms with Gasteiger partial charge in [-0.2, -0.15) is 0 Å². The number of imide groups is 1. The van der Waals surface area contributed by atoms with E-state index in [1.807, 2.05) is 36.4 Å². The maximum absolute atomic E-state index is 12.9. The normalized spacial score (nSPS) is 13.2. The predicted molar refractivity (Wildman–Crippen MR) is 119 cm³/mol. The Morgan fingerprint density at radius 3 is 2.41 bits per heavy atom. The fraction of sp³-hybridized carbons (Fsp3) is 0.250. The number of nitrogens with one attached hydrogen (secondary N) is 1. The average molecular weight is 451 g/mol. The van der Waals surface area contributed by atoms with E-state index in [0.717, 1.165) is 41.2 Å². The van der Waals surface area contributed by atoms with Crippen LogP contribution in [0.25, 0.3) is 10.8 Å². The monoisotopic (exact) mass is 452 g/mol. The molecular weight excluding hydrogens is 427 g/mol. The van der Waals surface area contributed by atoms with Gasteiger partial charge in [0, 0.05) is 0 Å². The van der Waals surface area contributed by atoms with Crippen LogP contribution in [-0.4, -0.2) is 44.8 Å². The van der Waals surface area contributed by atoms with Crippen LogP contribution in [0, 0.1) is 0 Å². The first kappa shape index (κ1) is 19.7. The third-order valence-electron chi connectivity index (χ3n) is 5.16. The van der Waals surface area contributed by atoms with Crippen molar-refractivity contribution in [3.63, 3.8) is 0 Å². The molecule has 0 aromatic heterocycles. The third kappa shape index (κ3) is 3.93. The van der Waals surface area contributed by atoms with Crippen molar-refractivity contribution in [1.82, 2.24) is 4.90 Å². The molecule has 1 aliphatic heterocycles. The number of hydrogen-bond acceptors (Lipinski definition) is 3. The van der Waals surface area contributed by atoms with E-state index in [1.165, 1.54) is 9.36 Å². The van der Waals surface area contributed by atoms with Crippen molar-refractivity contribution in [2.75, 3.05) is 18.4 Å². The van der Waals surface area contributed by atoms with E-state index in [4.69, 9.17) is 0 Å². The number of unbranched alkanes of at least 4 members (excludes halogenated alkanes) is 1. The summed E-state index contributed by atoms with van der Waals surface area (Å²) in [6.07, 6.45) is 1.77. The summed E-state index contributed by atoms with van der Waals surface area (Å²) in [4.78, 5) is 27.3. The Morgan fingerprint density at radius 1 is 0.897 bits per heavy atom. The van der Waals surface area contributed by atoms with Crippen LogP contribution in [0.1, 0.15) is 40.5 Å². The minimum absolute atomic E-state index is 0.175. The average Bonchev–Trinajstić information content (AvgIpc) is 2.76. The van der Waals surface area contributed by atoms with Gasteiger partial charge >= 0.3 is 171 Å². The van der Waals surface area contributed by atoms with Crippen molar-refractivity contribution in [1.29, 1.82) is 0 Å². The number of carbonyl (C=O) groups is 2. The first-order valence-corrected chi connectivity index (χ1v) is 12.1. The molecule has 2 amide bonds. The van der Waals surface area contributed by atoms with E-state index in [2.05, 4.69) is 36.5 Å². The van der Waals surface area contributed by atoms with E-state index >= 15 is 0 Å². The summed E-state index contributed by atoms with van der Waals surface area (Å²) < 4.78 is 1.39. The molecule has 0 bridgehead atoms. The fourth-order valence-electron chi connectivity index (χ4n) is 3.69. The quantitative estimate of drug-likeness (QED) is 0.319. The third-order valence-corrected chi connectivity index (χ3v) is 7.28. The Bertz CT molecular complexity index is 1030. The second-order valence-corrected chi connectivity index (χ2v) is 9.54. The van der Waals surface area contributed by atoms with Gasteiger partial charge in [0.15, 0.2) is 0 Å². The molecule has 29 heavy (non-hydrogen) atoms. The molecule has 0 unspecified atom stereocenters. The van der Waals surface area contributed by atoms with Gasteiger partial charge in [-0.15, -0.1) is 0 Å². The van der Waals surface area contributed by atoms with Crippen LogP contribution in [0.3, 0.4) is 0 Å². The zero-order valence-electron chi connectivity index (χ0n) is 16.5. The molecule has 0 spiro atoms. The number of hydrogen-bond donors (Lipinski definition) is 1. The Balaban J connectivity index is 1.56. The molecule has 5 heteroatoms. The van der Waals surface area contributed by atoms with Gasteiger partial charge in [-0.3, -0.25) is 0 Å². The summed E-state index contributed by atoms with van der Waals surface area (Å²) in [5.74, 6) is -0.350. The summed E-state index contributed by atoms with van der Waals surface area (Å²) in [5.41, 5.74) is 2.24. The standard InChI is InChI=1S/C24H24N2O2Se/c1-2-3-15-26-23(27)19-11-7-10-18-21(13-12-20(22(18)19)24(26)28)25-14-16-29-17-8-5-4-6-9-17/h4-13,25H,2-3,14-16H2,1H3. The molecule has 1 aliphatic rings. The SMILES string of the molecule is CCCCN1C(=O)c2cccc3c(NCC[Se]c4ccccc4)ccc(c23)C1=O. The van der Waals surface area contributed by atoms with Crippen molar-refractivity contribution in [2.45, 2.75) is 25.1 Å². The van der Waals surface area contributed by atoms with Gasteiger partial charge in [0.1, 0.15) is 0 Å². The number of nitrogens with zero attached hydrogens (tertiary/aromatic N) is 1. The first-order chi connectivity index (χ1) is 14.2. The van der Waals surface area contributed by atoms with Gasteiger partial charge in [0.2, 0.25) is 0 Å². The topological polar surface area (TPSA) is 49.4 Å². The number of amides is 2. The number of rotatable bonds is 8. The molecule has 0 fully saturated rings. The second kappa shape index (κ2) is 8.81. The van der Waals surface area contributed by atoms with Crippen LogP contribution >= 0.6 is 0 Å². The van der Waals surface area contributed by atoms with Crippen molar-refractivity contribution >= 4 is 47.7 Å². The van der Waals surface area contributed by atoms with Gasteiger partial charge in [-0.05, 0) is 0 Å². The van der Waals surface area contributed by atoms with E-state index in [1.54, 1.807) is 0 Å². The molecule has 0 radical (unpaired) electrons. The number of benzene rings is 3. The maximum atomic E-state index is 12.9. The molecule has 0 aliphatic carbocycles. The summed E-state index contributed by atoms with van der Waals surface area (Å²) in [6, 6.07) is 20.1. The summed E-state index contributed by atoms with van der Waals surface area (Å²) >= 11 is 0.423. The van der Waals surface area contributed by atoms with Crippen LogP contribution in [0.2, 0.25) is 5.32 Å². The van der Waals surface area contributed by atoms with E-state index < -0.39 is 0 Å². The van der Waals surface area contributed by atoms with Crippen molar-refractivity contribution < 1.29 is 9.59 Å². The van der Waals surface area contributed by atoms with Crippen molar-refractivity contribution in [3.05, 3.63) is 71.8 Å². The zero-order valence-corrected chi connectivity index (χ0v) is 18.2. The molecule has 3 aromatic rings. The zero-order chi connectivity index (χ0) is 20.2. The van der Waals surface area contributed by atoms with E-state index in [-0.39, 0.29) is 11.8 Å². The van der Waals surface area contributed by atoms with E-state index in [0.29, 0.717) is 32.6 Å². The minimum atomic E-state index is -0.175. The van der Waals surface area contributed by atoms with Gasteiger partial charge in [0.05, 0.1) is 0 Å². The summed E-state index contributed by atoms with van der Waals surface area (Å²) in [5, 5.41) is 6.32. The van der Waals surface area contributed by atoms with Gasteiger partial charge in [-0.1, -0.05) is 6.92 Å². The Morgan fingerprint density at radius 2 is 1.66 bits per heavy atom. The number of anilines is 1. The Labute approximate surface area is 177 Å². The summed E-state index contributed by atoms with van der Waals surface area (Å²) in [7, 11) is 0. The van der Waals surface area contributed by atoms with Gasteiger partial charge in [-0.25, -0.2) is 0 Å². The molecule has 1 N–H and O–H groups in total. The number of carbonyl (C=O) groups excluding carboxylic acids is 2. The second-order valence-electron chi connectivity index (χ2n) is 7.09. The molecule has 0 saturated heterocycles. The van der Waals surface area contributed by atoms with E-state index in [9.17, 15) is 9.59 Å². The van der Waals surface area contributed by atoms with Crippen LogP contribution in [0.5, 0.6) is 0 Å². The van der Waals surface area contributed by atoms with Crippen LogP contribution < -0.4 is 9.78 Å². The van der Waals surface area contributed by atoms with Crippen LogP contribution in [-0.2, 0) is 0 Å². The molecule has 1 heterocycles. The molecule has 4 rings (SSSR count).